The number of benzene rings is 1. The molecule has 4 aromatic rings. The highest BCUT2D eigenvalue weighted by Gasteiger charge is 2.15. The van der Waals surface area contributed by atoms with E-state index in [0.717, 1.165) is 27.6 Å². The van der Waals surface area contributed by atoms with Gasteiger partial charge in [-0.2, -0.15) is 0 Å². The first-order valence-electron chi connectivity index (χ1n) is 8.85. The first-order valence-corrected chi connectivity index (χ1v) is 9.66. The van der Waals surface area contributed by atoms with E-state index in [1.54, 1.807) is 0 Å². The Labute approximate surface area is 164 Å². The fraction of sp³-hybridized carbons (Fsp3) is 0.150. The summed E-state index contributed by atoms with van der Waals surface area (Å²) in [4.78, 5) is 14.2. The Morgan fingerprint density at radius 2 is 1.96 bits per heavy atom. The minimum absolute atomic E-state index is 0.138. The van der Waals surface area contributed by atoms with Crippen molar-refractivity contribution in [2.75, 3.05) is 13.2 Å². The minimum atomic E-state index is -0.138. The molecule has 8 heteroatoms. The van der Waals surface area contributed by atoms with Crippen LogP contribution in [0.5, 0.6) is 11.5 Å². The molecule has 0 fully saturated rings. The molecule has 1 N–H and O–H groups in total. The third-order valence-electron chi connectivity index (χ3n) is 4.45. The van der Waals surface area contributed by atoms with Crippen molar-refractivity contribution in [2.45, 2.75) is 6.54 Å². The average molecular weight is 392 g/mol. The third kappa shape index (κ3) is 3.07. The summed E-state index contributed by atoms with van der Waals surface area (Å²) in [6, 6.07) is 15.3. The highest BCUT2D eigenvalue weighted by Crippen LogP contribution is 2.36. The Morgan fingerprint density at radius 1 is 1.07 bits per heavy atom. The van der Waals surface area contributed by atoms with Gasteiger partial charge in [-0.25, -0.2) is 0 Å². The number of carbonyl (C=O) groups excluding carboxylic acids is 1. The lowest BCUT2D eigenvalue weighted by Crippen LogP contribution is -2.23. The maximum atomic E-state index is 12.6. The van der Waals surface area contributed by atoms with Crippen molar-refractivity contribution in [1.29, 1.82) is 0 Å². The molecule has 5 rings (SSSR count). The highest BCUT2D eigenvalue weighted by molar-refractivity contribution is 7.17. The second-order valence-electron chi connectivity index (χ2n) is 6.25. The van der Waals surface area contributed by atoms with Gasteiger partial charge in [0.05, 0.1) is 11.4 Å². The zero-order chi connectivity index (χ0) is 18.9. The van der Waals surface area contributed by atoms with E-state index < -0.39 is 0 Å². The van der Waals surface area contributed by atoms with Gasteiger partial charge in [0, 0.05) is 11.1 Å². The van der Waals surface area contributed by atoms with Crippen molar-refractivity contribution in [1.82, 2.24) is 19.9 Å². The summed E-state index contributed by atoms with van der Waals surface area (Å²) < 4.78 is 13.1. The van der Waals surface area contributed by atoms with E-state index in [2.05, 4.69) is 15.5 Å². The molecule has 140 valence electrons. The molecule has 0 spiro atoms. The molecular formula is C20H16N4O3S. The fourth-order valence-corrected chi connectivity index (χ4v) is 3.99. The predicted octanol–water partition coefficient (Wildman–Crippen LogP) is 3.16. The zero-order valence-electron chi connectivity index (χ0n) is 14.8. The van der Waals surface area contributed by atoms with Gasteiger partial charge in [-0.3, -0.25) is 9.20 Å². The first-order chi connectivity index (χ1) is 13.8. The molecule has 0 radical (unpaired) electrons. The summed E-state index contributed by atoms with van der Waals surface area (Å²) in [7, 11) is 0. The summed E-state index contributed by atoms with van der Waals surface area (Å²) in [6.07, 6.45) is 1.88. The Balaban J connectivity index is 1.31. The number of nitrogens with zero attached hydrogens (tertiary/aromatic N) is 3. The number of amides is 1. The largest absolute Gasteiger partial charge is 0.486 e. The van der Waals surface area contributed by atoms with Crippen LogP contribution in [-0.4, -0.2) is 33.7 Å². The summed E-state index contributed by atoms with van der Waals surface area (Å²) in [5.41, 5.74) is 1.75. The molecule has 4 heterocycles. The zero-order valence-corrected chi connectivity index (χ0v) is 15.6. The number of fused-ring (bicyclic) bond motifs is 2. The monoisotopic (exact) mass is 392 g/mol. The van der Waals surface area contributed by atoms with Crippen LogP contribution < -0.4 is 14.8 Å². The molecule has 28 heavy (non-hydrogen) atoms. The van der Waals surface area contributed by atoms with E-state index in [1.807, 2.05) is 59.1 Å². The SMILES string of the molecule is O=C(NCc1nnc2ccccn12)c1ccc(-c2ccc3c(c2)OCCO3)s1. The van der Waals surface area contributed by atoms with Gasteiger partial charge >= 0.3 is 0 Å². The quantitative estimate of drug-likeness (QED) is 0.577. The summed E-state index contributed by atoms with van der Waals surface area (Å²) in [5.74, 6) is 2.04. The van der Waals surface area contributed by atoms with Gasteiger partial charge in [0.2, 0.25) is 0 Å². The van der Waals surface area contributed by atoms with E-state index in [1.165, 1.54) is 11.3 Å². The molecule has 0 saturated heterocycles. The lowest BCUT2D eigenvalue weighted by Gasteiger charge is -2.18. The summed E-state index contributed by atoms with van der Waals surface area (Å²) >= 11 is 1.43. The van der Waals surface area contributed by atoms with Gasteiger partial charge in [-0.1, -0.05) is 6.07 Å². The smallest absolute Gasteiger partial charge is 0.261 e. The van der Waals surface area contributed by atoms with Crippen LogP contribution in [0.3, 0.4) is 0 Å². The highest BCUT2D eigenvalue weighted by atomic mass is 32.1. The van der Waals surface area contributed by atoms with Gasteiger partial charge in [0.15, 0.2) is 23.0 Å². The topological polar surface area (TPSA) is 77.8 Å². The van der Waals surface area contributed by atoms with Crippen molar-refractivity contribution in [3.8, 4) is 21.9 Å². The van der Waals surface area contributed by atoms with Crippen LogP contribution in [0, 0.1) is 0 Å². The normalized spacial score (nSPS) is 12.9. The van der Waals surface area contributed by atoms with Crippen LogP contribution >= 0.6 is 11.3 Å². The van der Waals surface area contributed by atoms with Gasteiger partial charge in [-0.05, 0) is 48.0 Å². The predicted molar refractivity (Wildman–Crippen MR) is 105 cm³/mol. The van der Waals surface area contributed by atoms with Crippen molar-refractivity contribution >= 4 is 22.9 Å². The van der Waals surface area contributed by atoms with Crippen LogP contribution in [-0.2, 0) is 6.54 Å². The van der Waals surface area contributed by atoms with E-state index in [4.69, 9.17) is 9.47 Å². The van der Waals surface area contributed by atoms with Crippen molar-refractivity contribution < 1.29 is 14.3 Å². The molecule has 0 aliphatic carbocycles. The minimum Gasteiger partial charge on any atom is -0.486 e. The number of hydrogen-bond donors (Lipinski definition) is 1. The van der Waals surface area contributed by atoms with E-state index in [0.29, 0.717) is 30.5 Å². The lowest BCUT2D eigenvalue weighted by molar-refractivity contribution is 0.0954. The van der Waals surface area contributed by atoms with E-state index in [9.17, 15) is 4.79 Å². The second-order valence-corrected chi connectivity index (χ2v) is 7.33. The van der Waals surface area contributed by atoms with Crippen LogP contribution in [0.15, 0.2) is 54.7 Å². The molecule has 3 aromatic heterocycles. The molecule has 1 aromatic carbocycles. The van der Waals surface area contributed by atoms with Crippen molar-refractivity contribution in [2.24, 2.45) is 0 Å². The standard InChI is InChI=1S/C20H16N4O3S/c25-20(21-12-19-23-22-18-3-1-2-8-24(18)19)17-7-6-16(28-17)13-4-5-14-15(11-13)27-10-9-26-14/h1-8,11H,9-10,12H2,(H,21,25). The number of pyridine rings is 1. The van der Waals surface area contributed by atoms with Gasteiger partial charge in [-0.15, -0.1) is 21.5 Å². The molecule has 0 bridgehead atoms. The van der Waals surface area contributed by atoms with E-state index in [-0.39, 0.29) is 5.91 Å². The number of aromatic nitrogens is 3. The number of hydrogen-bond acceptors (Lipinski definition) is 6. The fourth-order valence-electron chi connectivity index (χ4n) is 3.07. The molecule has 1 aliphatic heterocycles. The molecule has 1 amide bonds. The Kier molecular flexibility index (Phi) is 4.17. The molecule has 0 atom stereocenters. The first kappa shape index (κ1) is 16.8. The molecule has 1 aliphatic rings. The Hall–Kier alpha value is -3.39. The third-order valence-corrected chi connectivity index (χ3v) is 5.58. The summed E-state index contributed by atoms with van der Waals surface area (Å²) in [6.45, 7) is 1.42. The van der Waals surface area contributed by atoms with Crippen molar-refractivity contribution in [3.05, 3.63) is 65.4 Å². The Bertz CT molecular complexity index is 1170. The maximum Gasteiger partial charge on any atom is 0.261 e. The molecule has 0 saturated carbocycles. The maximum absolute atomic E-state index is 12.6. The summed E-state index contributed by atoms with van der Waals surface area (Å²) in [5, 5.41) is 11.1. The number of rotatable bonds is 4. The van der Waals surface area contributed by atoms with Crippen LogP contribution in [0.1, 0.15) is 15.5 Å². The van der Waals surface area contributed by atoms with Crippen LogP contribution in [0.4, 0.5) is 0 Å². The number of nitrogens with one attached hydrogen (secondary N) is 1. The van der Waals surface area contributed by atoms with E-state index >= 15 is 0 Å². The van der Waals surface area contributed by atoms with Gasteiger partial charge in [0.1, 0.15) is 13.2 Å². The second kappa shape index (κ2) is 6.97. The number of carbonyl (C=O) groups is 1. The Morgan fingerprint density at radius 3 is 2.89 bits per heavy atom. The van der Waals surface area contributed by atoms with Crippen LogP contribution in [0.25, 0.3) is 16.1 Å². The number of thiophene rings is 1. The molecular weight excluding hydrogens is 376 g/mol. The molecule has 0 unspecified atom stereocenters. The average Bonchev–Trinajstić information content (AvgIpc) is 3.39. The van der Waals surface area contributed by atoms with Gasteiger partial charge in [0.25, 0.3) is 5.91 Å². The molecule has 7 nitrogen and oxygen atoms in total. The van der Waals surface area contributed by atoms with Crippen molar-refractivity contribution in [3.63, 3.8) is 0 Å². The van der Waals surface area contributed by atoms with Crippen LogP contribution in [0.2, 0.25) is 0 Å². The number of ether oxygens (including phenoxy) is 2. The van der Waals surface area contributed by atoms with Gasteiger partial charge < -0.3 is 14.8 Å². The lowest BCUT2D eigenvalue weighted by atomic mass is 10.1.